The van der Waals surface area contributed by atoms with Gasteiger partial charge in [0.1, 0.15) is 6.71 Å². The van der Waals surface area contributed by atoms with Gasteiger partial charge in [0.15, 0.2) is 0 Å². The molecule has 0 heterocycles. The predicted molar refractivity (Wildman–Crippen MR) is 65.4 cm³/mol. The van der Waals surface area contributed by atoms with Crippen LogP contribution in [0, 0.1) is 0 Å². The van der Waals surface area contributed by atoms with Gasteiger partial charge in [-0.2, -0.15) is 0 Å². The fraction of sp³-hybridized carbons (Fsp3) is 0. The summed E-state index contributed by atoms with van der Waals surface area (Å²) >= 11 is 17.1. The van der Waals surface area contributed by atoms with Gasteiger partial charge in [-0.05, 0) is 44.2 Å². The highest BCUT2D eigenvalue weighted by molar-refractivity contribution is 8.67. The Morgan fingerprint density at radius 2 is 1.43 bits per heavy atom. The lowest BCUT2D eigenvalue weighted by molar-refractivity contribution is 0.685. The van der Waals surface area contributed by atoms with Crippen LogP contribution in [0.5, 0.6) is 0 Å². The van der Waals surface area contributed by atoms with Crippen LogP contribution in [0.2, 0.25) is 15.1 Å². The van der Waals surface area contributed by atoms with Gasteiger partial charge in [0.25, 0.3) is 0 Å². The zero-order valence-electron chi connectivity index (χ0n) is 6.24. The zero-order valence-corrected chi connectivity index (χ0v) is 11.6. The Kier molecular flexibility index (Phi) is 3.62. The molecule has 0 aromatic heterocycles. The predicted octanol–water partition coefficient (Wildman–Crippen LogP) is 5.29. The van der Waals surface area contributed by atoms with E-state index >= 15 is 0 Å². The normalized spacial score (nSPS) is 14.9. The molecule has 0 fully saturated rings. The van der Waals surface area contributed by atoms with Crippen molar-refractivity contribution >= 4 is 73.6 Å². The first-order valence-corrected chi connectivity index (χ1v) is 8.64. The molecule has 1 aromatic rings. The van der Waals surface area contributed by atoms with Crippen LogP contribution in [0.3, 0.4) is 0 Å². The number of hydrogen-bond acceptors (Lipinski definition) is 1. The van der Waals surface area contributed by atoms with E-state index in [1.54, 1.807) is 0 Å². The third-order valence-electron chi connectivity index (χ3n) is 1.34. The second kappa shape index (κ2) is 3.85. The van der Waals surface area contributed by atoms with Crippen molar-refractivity contribution in [1.82, 2.24) is 0 Å². The lowest BCUT2D eigenvalue weighted by atomic mass is 10.4. The summed E-state index contributed by atoms with van der Waals surface area (Å²) in [4.78, 5) is -0.150. The van der Waals surface area contributed by atoms with Gasteiger partial charge in [-0.3, -0.25) is 0 Å². The van der Waals surface area contributed by atoms with Crippen LogP contribution >= 0.6 is 66.8 Å². The molecule has 0 spiro atoms. The highest BCUT2D eigenvalue weighted by Crippen LogP contribution is 2.53. The maximum absolute atomic E-state index is 11.6. The second-order valence-electron chi connectivity index (χ2n) is 2.35. The van der Waals surface area contributed by atoms with E-state index in [0.29, 0.717) is 0 Å². The largest absolute Gasteiger partial charge is 0.234 e. The summed E-state index contributed by atoms with van der Waals surface area (Å²) in [5, 5.41) is 0.0878. The first-order valence-electron chi connectivity index (χ1n) is 3.06. The SMILES string of the molecule is O=S(Cl)(Cl)(Cl)c1ccc(Cl)c(Cl)c1Cl. The van der Waals surface area contributed by atoms with Crippen LogP contribution in [-0.4, -0.2) is 4.21 Å². The molecule has 0 saturated carbocycles. The summed E-state index contributed by atoms with van der Waals surface area (Å²) in [6, 6.07) is 2.62. The van der Waals surface area contributed by atoms with Crippen LogP contribution in [-0.2, 0) is 6.71 Å². The van der Waals surface area contributed by atoms with Crippen molar-refractivity contribution < 1.29 is 4.21 Å². The molecule has 80 valence electrons. The van der Waals surface area contributed by atoms with Gasteiger partial charge < -0.3 is 0 Å². The van der Waals surface area contributed by atoms with E-state index in [4.69, 9.17) is 66.8 Å². The second-order valence-corrected chi connectivity index (χ2v) is 12.0. The summed E-state index contributed by atoms with van der Waals surface area (Å²) in [6.45, 7) is -4.46. The molecule has 0 aliphatic rings. The fourth-order valence-corrected chi connectivity index (χ4v) is 3.95. The Morgan fingerprint density at radius 3 is 1.86 bits per heavy atom. The lowest BCUT2D eigenvalue weighted by Gasteiger charge is -2.21. The summed E-state index contributed by atoms with van der Waals surface area (Å²) in [5.41, 5.74) is 0. The average molecular weight is 335 g/mol. The molecule has 0 aliphatic heterocycles. The third kappa shape index (κ3) is 2.82. The van der Waals surface area contributed by atoms with Crippen molar-refractivity contribution in [2.45, 2.75) is 4.90 Å². The van der Waals surface area contributed by atoms with E-state index in [0.717, 1.165) is 0 Å². The molecule has 8 heteroatoms. The molecule has 1 aromatic carbocycles. The molecule has 0 unspecified atom stereocenters. The first kappa shape index (κ1) is 13.2. The van der Waals surface area contributed by atoms with E-state index in [-0.39, 0.29) is 20.0 Å². The summed E-state index contributed by atoms with van der Waals surface area (Å²) in [5.74, 6) is 0. The first-order chi connectivity index (χ1) is 6.10. The molecule has 0 N–H and O–H groups in total. The van der Waals surface area contributed by atoms with Gasteiger partial charge >= 0.3 is 0 Å². The molecule has 0 atom stereocenters. The summed E-state index contributed by atoms with van der Waals surface area (Å²) in [6.07, 6.45) is 0. The van der Waals surface area contributed by atoms with Crippen LogP contribution < -0.4 is 0 Å². The van der Waals surface area contributed by atoms with Gasteiger partial charge in [0, 0.05) is 0 Å². The minimum atomic E-state index is -4.46. The Bertz CT molecular complexity index is 439. The van der Waals surface area contributed by atoms with E-state index in [1.807, 2.05) is 0 Å². The van der Waals surface area contributed by atoms with Crippen LogP contribution in [0.4, 0.5) is 0 Å². The van der Waals surface area contributed by atoms with Crippen molar-refractivity contribution in [2.24, 2.45) is 0 Å². The summed E-state index contributed by atoms with van der Waals surface area (Å²) < 4.78 is 11.6. The van der Waals surface area contributed by atoms with Gasteiger partial charge in [-0.25, -0.2) is 4.21 Å². The molecule has 0 saturated heterocycles. The Morgan fingerprint density at radius 1 is 0.929 bits per heavy atom. The molecule has 0 aliphatic carbocycles. The molecule has 1 rings (SSSR count). The van der Waals surface area contributed by atoms with Gasteiger partial charge in [-0.15, -0.1) is 0 Å². The van der Waals surface area contributed by atoms with Crippen LogP contribution in [0.25, 0.3) is 0 Å². The van der Waals surface area contributed by atoms with Gasteiger partial charge in [0.2, 0.25) is 0 Å². The third-order valence-corrected chi connectivity index (χ3v) is 5.26. The molecule has 14 heavy (non-hydrogen) atoms. The standard InChI is InChI=1S/C6H2Cl6OS/c7-3-1-2-4(6(9)5(3)8)14(10,11,12)13/h1-2H. The monoisotopic (exact) mass is 332 g/mol. The van der Waals surface area contributed by atoms with E-state index < -0.39 is 6.71 Å². The highest BCUT2D eigenvalue weighted by Gasteiger charge is 2.34. The minimum Gasteiger partial charge on any atom is -0.234 e. The Labute approximate surface area is 109 Å². The summed E-state index contributed by atoms with van der Waals surface area (Å²) in [7, 11) is 16.3. The van der Waals surface area contributed by atoms with Gasteiger partial charge in [-0.1, -0.05) is 34.8 Å². The number of hydrogen-bond donors (Lipinski definition) is 0. The van der Waals surface area contributed by atoms with Crippen molar-refractivity contribution in [3.63, 3.8) is 0 Å². The van der Waals surface area contributed by atoms with Crippen molar-refractivity contribution in [2.75, 3.05) is 0 Å². The van der Waals surface area contributed by atoms with Crippen LogP contribution in [0.1, 0.15) is 0 Å². The zero-order chi connectivity index (χ0) is 11.2. The van der Waals surface area contributed by atoms with Crippen molar-refractivity contribution in [1.29, 1.82) is 0 Å². The molecular formula is C6H2Cl6OS. The highest BCUT2D eigenvalue weighted by atomic mass is 36.2. The van der Waals surface area contributed by atoms with Gasteiger partial charge in [0.05, 0.1) is 20.0 Å². The van der Waals surface area contributed by atoms with Crippen molar-refractivity contribution in [3.05, 3.63) is 27.2 Å². The molecular weight excluding hydrogens is 333 g/mol. The maximum atomic E-state index is 11.6. The Balaban J connectivity index is 3.56. The minimum absolute atomic E-state index is 0.00614. The van der Waals surface area contributed by atoms with Crippen LogP contribution in [0.15, 0.2) is 17.0 Å². The number of benzene rings is 1. The maximum Gasteiger partial charge on any atom is 0.139 e. The molecule has 0 radical (unpaired) electrons. The topological polar surface area (TPSA) is 17.1 Å². The average Bonchev–Trinajstić information content (AvgIpc) is 1.96. The quantitative estimate of drug-likeness (QED) is 0.504. The smallest absolute Gasteiger partial charge is 0.139 e. The lowest BCUT2D eigenvalue weighted by Crippen LogP contribution is -2.07. The number of rotatable bonds is 1. The molecule has 0 amide bonds. The Hall–Kier alpha value is 1.11. The van der Waals surface area contributed by atoms with Crippen molar-refractivity contribution in [3.8, 4) is 0 Å². The molecule has 0 bridgehead atoms. The number of halogens is 6. The van der Waals surface area contributed by atoms with E-state index in [2.05, 4.69) is 0 Å². The van der Waals surface area contributed by atoms with E-state index in [1.165, 1.54) is 12.1 Å². The fourth-order valence-electron chi connectivity index (χ4n) is 0.751. The molecule has 1 nitrogen and oxygen atoms in total. The van der Waals surface area contributed by atoms with E-state index in [9.17, 15) is 4.21 Å².